The van der Waals surface area contributed by atoms with Gasteiger partial charge in [-0.1, -0.05) is 0 Å². The number of carboxylic acid groups (broad SMARTS) is 1. The fraction of sp³-hybridized carbons (Fsp3) is 0.875. The average molecular weight is 156 g/mol. The summed E-state index contributed by atoms with van der Waals surface area (Å²) in [5.74, 6) is -0.679. The van der Waals surface area contributed by atoms with Crippen LogP contribution in [0.3, 0.4) is 0 Å². The molecule has 0 radical (unpaired) electrons. The second kappa shape index (κ2) is 1.78. The Bertz CT molecular complexity index is 209. The number of hydrogen-bond donors (Lipinski definition) is 2. The van der Waals surface area contributed by atoms with Crippen LogP contribution in [0.4, 0.5) is 0 Å². The lowest BCUT2D eigenvalue weighted by atomic mass is 9.97. The van der Waals surface area contributed by atoms with Crippen LogP contribution in [0.1, 0.15) is 19.8 Å². The van der Waals surface area contributed by atoms with Crippen molar-refractivity contribution in [2.24, 2.45) is 17.8 Å². The molecule has 0 heterocycles. The quantitative estimate of drug-likeness (QED) is 0.580. The Balaban J connectivity index is 2.13. The minimum Gasteiger partial charge on any atom is -0.481 e. The molecule has 4 atom stereocenters. The van der Waals surface area contributed by atoms with Gasteiger partial charge in [-0.05, 0) is 25.7 Å². The summed E-state index contributed by atoms with van der Waals surface area (Å²) >= 11 is 0. The molecule has 0 spiro atoms. The van der Waals surface area contributed by atoms with Crippen molar-refractivity contribution in [2.45, 2.75) is 25.4 Å². The van der Waals surface area contributed by atoms with Crippen LogP contribution in [0.5, 0.6) is 0 Å². The fourth-order valence-electron chi connectivity index (χ4n) is 2.54. The largest absolute Gasteiger partial charge is 0.481 e. The summed E-state index contributed by atoms with van der Waals surface area (Å²) in [6.45, 7) is 1.75. The minimum atomic E-state index is -0.736. The number of aliphatic hydroxyl groups is 1. The maximum absolute atomic E-state index is 10.6. The first kappa shape index (κ1) is 7.10. The summed E-state index contributed by atoms with van der Waals surface area (Å²) in [6, 6.07) is 0. The van der Waals surface area contributed by atoms with Gasteiger partial charge in [0.15, 0.2) is 0 Å². The first-order valence-electron chi connectivity index (χ1n) is 3.99. The van der Waals surface area contributed by atoms with Crippen LogP contribution in [0.2, 0.25) is 0 Å². The van der Waals surface area contributed by atoms with Crippen LogP contribution >= 0.6 is 0 Å². The second-order valence-electron chi connectivity index (χ2n) is 3.95. The number of fused-ring (bicyclic) bond motifs is 1. The molecule has 4 unspecified atom stereocenters. The SMILES string of the molecule is CC1(O)CCC2C(C(=O)O)C21. The Morgan fingerprint density at radius 3 is 2.55 bits per heavy atom. The van der Waals surface area contributed by atoms with Crippen molar-refractivity contribution in [3.05, 3.63) is 0 Å². The molecule has 0 amide bonds. The number of hydrogen-bond acceptors (Lipinski definition) is 2. The molecule has 3 nitrogen and oxygen atoms in total. The summed E-state index contributed by atoms with van der Waals surface area (Å²) in [4.78, 5) is 10.6. The third kappa shape index (κ3) is 0.805. The minimum absolute atomic E-state index is 0.0417. The van der Waals surface area contributed by atoms with Crippen LogP contribution in [0.15, 0.2) is 0 Å². The van der Waals surface area contributed by atoms with Gasteiger partial charge in [-0.2, -0.15) is 0 Å². The van der Waals surface area contributed by atoms with E-state index in [4.69, 9.17) is 5.11 Å². The fourth-order valence-corrected chi connectivity index (χ4v) is 2.54. The predicted molar refractivity (Wildman–Crippen MR) is 38.0 cm³/mol. The number of aliphatic carboxylic acids is 1. The number of rotatable bonds is 1. The lowest BCUT2D eigenvalue weighted by molar-refractivity contribution is -0.140. The van der Waals surface area contributed by atoms with Gasteiger partial charge < -0.3 is 10.2 Å². The first-order valence-corrected chi connectivity index (χ1v) is 3.99. The summed E-state index contributed by atoms with van der Waals surface area (Å²) in [6.07, 6.45) is 1.65. The Morgan fingerprint density at radius 2 is 2.27 bits per heavy atom. The third-order valence-electron chi connectivity index (χ3n) is 3.16. The van der Waals surface area contributed by atoms with Crippen LogP contribution < -0.4 is 0 Å². The number of carbonyl (C=O) groups is 1. The molecule has 2 aliphatic rings. The first-order chi connectivity index (χ1) is 5.04. The van der Waals surface area contributed by atoms with Gasteiger partial charge in [-0.25, -0.2) is 0 Å². The van der Waals surface area contributed by atoms with Gasteiger partial charge in [0.1, 0.15) is 0 Å². The molecule has 0 aromatic carbocycles. The van der Waals surface area contributed by atoms with Gasteiger partial charge in [0.25, 0.3) is 0 Å². The van der Waals surface area contributed by atoms with Crippen molar-refractivity contribution in [1.82, 2.24) is 0 Å². The highest BCUT2D eigenvalue weighted by Crippen LogP contribution is 2.62. The van der Waals surface area contributed by atoms with Gasteiger partial charge in [-0.15, -0.1) is 0 Å². The molecular formula is C8H12O3. The lowest BCUT2D eigenvalue weighted by Gasteiger charge is -2.18. The smallest absolute Gasteiger partial charge is 0.307 e. The van der Waals surface area contributed by atoms with Gasteiger partial charge in [-0.3, -0.25) is 4.79 Å². The molecule has 2 saturated carbocycles. The van der Waals surface area contributed by atoms with Crippen LogP contribution in [-0.4, -0.2) is 21.8 Å². The van der Waals surface area contributed by atoms with E-state index in [-0.39, 0.29) is 17.8 Å². The maximum atomic E-state index is 10.6. The Labute approximate surface area is 65.0 Å². The Hall–Kier alpha value is -0.570. The molecule has 0 bridgehead atoms. The molecule has 3 heteroatoms. The highest BCUT2D eigenvalue weighted by Gasteiger charge is 2.66. The van der Waals surface area contributed by atoms with E-state index in [9.17, 15) is 9.90 Å². The van der Waals surface area contributed by atoms with E-state index < -0.39 is 11.6 Å². The summed E-state index contributed by atoms with van der Waals surface area (Å²) < 4.78 is 0. The topological polar surface area (TPSA) is 57.5 Å². The van der Waals surface area contributed by atoms with E-state index in [0.717, 1.165) is 12.8 Å². The van der Waals surface area contributed by atoms with Gasteiger partial charge >= 0.3 is 5.97 Å². The zero-order valence-corrected chi connectivity index (χ0v) is 6.45. The van der Waals surface area contributed by atoms with Crippen LogP contribution in [0, 0.1) is 17.8 Å². The van der Waals surface area contributed by atoms with Crippen molar-refractivity contribution in [1.29, 1.82) is 0 Å². The van der Waals surface area contributed by atoms with Gasteiger partial charge in [0, 0.05) is 5.92 Å². The molecular weight excluding hydrogens is 144 g/mol. The van der Waals surface area contributed by atoms with E-state index in [1.54, 1.807) is 6.92 Å². The summed E-state index contributed by atoms with van der Waals surface area (Å²) in [7, 11) is 0. The number of carboxylic acids is 1. The van der Waals surface area contributed by atoms with Crippen molar-refractivity contribution in [2.75, 3.05) is 0 Å². The van der Waals surface area contributed by atoms with E-state index in [0.29, 0.717) is 0 Å². The van der Waals surface area contributed by atoms with Crippen molar-refractivity contribution in [3.8, 4) is 0 Å². The zero-order valence-electron chi connectivity index (χ0n) is 6.45. The van der Waals surface area contributed by atoms with E-state index in [1.807, 2.05) is 0 Å². The second-order valence-corrected chi connectivity index (χ2v) is 3.95. The molecule has 0 aliphatic heterocycles. The average Bonchev–Trinajstić information content (AvgIpc) is 2.51. The van der Waals surface area contributed by atoms with Gasteiger partial charge in [0.2, 0.25) is 0 Å². The monoisotopic (exact) mass is 156 g/mol. The maximum Gasteiger partial charge on any atom is 0.307 e. The molecule has 2 rings (SSSR count). The highest BCUT2D eigenvalue weighted by atomic mass is 16.4. The molecule has 2 fully saturated rings. The molecule has 2 aliphatic carbocycles. The summed E-state index contributed by atoms with van der Waals surface area (Å²) in [5, 5.41) is 18.3. The highest BCUT2D eigenvalue weighted by molar-refractivity contribution is 5.75. The summed E-state index contributed by atoms with van der Waals surface area (Å²) in [5.41, 5.74) is -0.701. The van der Waals surface area contributed by atoms with Crippen LogP contribution in [-0.2, 0) is 4.79 Å². The molecule has 2 N–H and O–H groups in total. The molecule has 0 aromatic rings. The Kier molecular flexibility index (Phi) is 1.15. The van der Waals surface area contributed by atoms with Crippen molar-refractivity contribution in [3.63, 3.8) is 0 Å². The molecule has 0 aromatic heterocycles. The lowest BCUT2D eigenvalue weighted by Crippen LogP contribution is -2.26. The molecule has 62 valence electrons. The standard InChI is InChI=1S/C8H12O3/c1-8(11)3-2-4-5(6(4)8)7(9)10/h4-6,11H,2-3H2,1H3,(H,9,10). The van der Waals surface area contributed by atoms with Crippen molar-refractivity contribution < 1.29 is 15.0 Å². The van der Waals surface area contributed by atoms with Gasteiger partial charge in [0.05, 0.1) is 11.5 Å². The molecule has 11 heavy (non-hydrogen) atoms. The zero-order chi connectivity index (χ0) is 8.22. The van der Waals surface area contributed by atoms with E-state index in [2.05, 4.69) is 0 Å². The van der Waals surface area contributed by atoms with E-state index in [1.165, 1.54) is 0 Å². The molecule has 0 saturated heterocycles. The van der Waals surface area contributed by atoms with E-state index >= 15 is 0 Å². The Morgan fingerprint density at radius 1 is 1.64 bits per heavy atom. The predicted octanol–water partition coefficient (Wildman–Crippen LogP) is 0.478. The third-order valence-corrected chi connectivity index (χ3v) is 3.16. The van der Waals surface area contributed by atoms with Crippen LogP contribution in [0.25, 0.3) is 0 Å². The normalized spacial score (nSPS) is 53.8. The van der Waals surface area contributed by atoms with Crippen molar-refractivity contribution >= 4 is 5.97 Å².